The van der Waals surface area contributed by atoms with Crippen LogP contribution in [0.3, 0.4) is 0 Å². The molecule has 0 amide bonds. The highest BCUT2D eigenvalue weighted by atomic mass is 35.5. The van der Waals surface area contributed by atoms with Gasteiger partial charge in [-0.2, -0.15) is 0 Å². The van der Waals surface area contributed by atoms with E-state index < -0.39 is 0 Å². The predicted molar refractivity (Wildman–Crippen MR) is 130 cm³/mol. The number of aromatic nitrogens is 3. The number of ether oxygens (including phenoxy) is 1. The van der Waals surface area contributed by atoms with E-state index in [4.69, 9.17) is 21.3 Å². The predicted octanol–water partition coefficient (Wildman–Crippen LogP) is 4.26. The normalized spacial score (nSPS) is 22.8. The van der Waals surface area contributed by atoms with Crippen molar-refractivity contribution in [1.29, 1.82) is 0 Å². The minimum atomic E-state index is 0.380. The molecule has 1 aliphatic heterocycles. The van der Waals surface area contributed by atoms with E-state index in [1.807, 2.05) is 24.4 Å². The number of hydrogen-bond acceptors (Lipinski definition) is 6. The largest absolute Gasteiger partial charge is 0.497 e. The first-order chi connectivity index (χ1) is 15.6. The fraction of sp³-hybridized carbons (Fsp3) is 0.500. The van der Waals surface area contributed by atoms with Gasteiger partial charge in [-0.3, -0.25) is 4.90 Å². The SMILES string of the molecule is COc1ccc2[nH]cc(-c3nc(N[C@@H]4CCC[C@H](N5CCN(C)CC5)C4)ncc3Cl)c2c1. The lowest BCUT2D eigenvalue weighted by Gasteiger charge is -2.41. The fourth-order valence-electron chi connectivity index (χ4n) is 5.04. The monoisotopic (exact) mass is 454 g/mol. The maximum absolute atomic E-state index is 6.53. The second-order valence-electron chi connectivity index (χ2n) is 9.00. The number of hydrogen-bond donors (Lipinski definition) is 2. The van der Waals surface area contributed by atoms with Crippen LogP contribution >= 0.6 is 11.6 Å². The lowest BCUT2D eigenvalue weighted by Crippen LogP contribution is -2.51. The molecule has 8 heteroatoms. The number of benzene rings is 1. The van der Waals surface area contributed by atoms with Gasteiger partial charge in [0.1, 0.15) is 5.75 Å². The molecular weight excluding hydrogens is 424 g/mol. The third-order valence-electron chi connectivity index (χ3n) is 6.92. The molecule has 3 heterocycles. The molecule has 2 fully saturated rings. The van der Waals surface area contributed by atoms with Crippen LogP contribution in [0.5, 0.6) is 5.75 Å². The molecule has 1 saturated carbocycles. The highest BCUT2D eigenvalue weighted by Gasteiger charge is 2.29. The number of anilines is 1. The lowest BCUT2D eigenvalue weighted by atomic mass is 9.89. The number of aromatic amines is 1. The summed E-state index contributed by atoms with van der Waals surface area (Å²) in [7, 11) is 3.88. The van der Waals surface area contributed by atoms with E-state index in [2.05, 4.69) is 32.1 Å². The molecule has 1 saturated heterocycles. The van der Waals surface area contributed by atoms with Crippen LogP contribution in [0.4, 0.5) is 5.95 Å². The summed E-state index contributed by atoms with van der Waals surface area (Å²) >= 11 is 6.53. The molecule has 0 unspecified atom stereocenters. The molecule has 32 heavy (non-hydrogen) atoms. The van der Waals surface area contributed by atoms with Crippen LogP contribution in [0.25, 0.3) is 22.2 Å². The van der Waals surface area contributed by atoms with E-state index in [-0.39, 0.29) is 0 Å². The molecule has 2 N–H and O–H groups in total. The number of H-pyrrole nitrogens is 1. The first-order valence-electron chi connectivity index (χ1n) is 11.5. The molecule has 0 spiro atoms. The van der Waals surface area contributed by atoms with Crippen molar-refractivity contribution in [3.05, 3.63) is 35.6 Å². The minimum Gasteiger partial charge on any atom is -0.497 e. The highest BCUT2D eigenvalue weighted by Crippen LogP contribution is 2.34. The highest BCUT2D eigenvalue weighted by molar-refractivity contribution is 6.33. The number of piperazine rings is 1. The number of rotatable bonds is 5. The Hall–Kier alpha value is -2.35. The topological polar surface area (TPSA) is 69.3 Å². The van der Waals surface area contributed by atoms with Crippen molar-refractivity contribution in [2.45, 2.75) is 37.8 Å². The Labute approximate surface area is 194 Å². The average Bonchev–Trinajstić information content (AvgIpc) is 3.24. The van der Waals surface area contributed by atoms with E-state index in [0.29, 0.717) is 23.1 Å². The van der Waals surface area contributed by atoms with Gasteiger partial charge < -0.3 is 19.9 Å². The second kappa shape index (κ2) is 9.25. The third kappa shape index (κ3) is 4.42. The number of likely N-dealkylation sites (N-methyl/N-ethyl adjacent to an activating group) is 1. The summed E-state index contributed by atoms with van der Waals surface area (Å²) in [6.07, 6.45) is 8.45. The number of methoxy groups -OCH3 is 1. The van der Waals surface area contributed by atoms with Crippen LogP contribution in [-0.4, -0.2) is 77.2 Å². The van der Waals surface area contributed by atoms with Crippen molar-refractivity contribution < 1.29 is 4.74 Å². The van der Waals surface area contributed by atoms with Crippen LogP contribution in [0.15, 0.2) is 30.6 Å². The fourth-order valence-corrected chi connectivity index (χ4v) is 5.24. The quantitative estimate of drug-likeness (QED) is 0.600. The van der Waals surface area contributed by atoms with Gasteiger partial charge in [0.25, 0.3) is 0 Å². The third-order valence-corrected chi connectivity index (χ3v) is 7.20. The zero-order valence-electron chi connectivity index (χ0n) is 18.8. The number of nitrogens with one attached hydrogen (secondary N) is 2. The first-order valence-corrected chi connectivity index (χ1v) is 11.9. The molecule has 3 aromatic rings. The molecule has 0 radical (unpaired) electrons. The van der Waals surface area contributed by atoms with Crippen LogP contribution in [0.1, 0.15) is 25.7 Å². The molecule has 0 bridgehead atoms. The van der Waals surface area contributed by atoms with Gasteiger partial charge in [-0.1, -0.05) is 11.6 Å². The van der Waals surface area contributed by atoms with Gasteiger partial charge in [-0.05, 0) is 50.9 Å². The minimum absolute atomic E-state index is 0.380. The maximum Gasteiger partial charge on any atom is 0.223 e. The van der Waals surface area contributed by atoms with Crippen molar-refractivity contribution in [3.63, 3.8) is 0 Å². The molecule has 170 valence electrons. The van der Waals surface area contributed by atoms with Crippen molar-refractivity contribution in [2.24, 2.45) is 0 Å². The zero-order chi connectivity index (χ0) is 22.1. The Morgan fingerprint density at radius 2 is 2.03 bits per heavy atom. The molecule has 1 aliphatic carbocycles. The number of halogens is 1. The Morgan fingerprint density at radius 1 is 1.19 bits per heavy atom. The number of nitrogens with zero attached hydrogens (tertiary/aromatic N) is 4. The summed E-state index contributed by atoms with van der Waals surface area (Å²) in [5, 5.41) is 5.18. The Bertz CT molecular complexity index is 1080. The van der Waals surface area contributed by atoms with Gasteiger partial charge in [0.2, 0.25) is 5.95 Å². The summed E-state index contributed by atoms with van der Waals surface area (Å²) in [6, 6.07) is 6.98. The first kappa shape index (κ1) is 21.5. The van der Waals surface area contributed by atoms with Gasteiger partial charge in [-0.15, -0.1) is 0 Å². The van der Waals surface area contributed by atoms with Crippen molar-refractivity contribution >= 4 is 28.5 Å². The molecule has 1 aromatic carbocycles. The van der Waals surface area contributed by atoms with Gasteiger partial charge >= 0.3 is 0 Å². The van der Waals surface area contributed by atoms with E-state index >= 15 is 0 Å². The van der Waals surface area contributed by atoms with Gasteiger partial charge in [0, 0.05) is 60.9 Å². The Morgan fingerprint density at radius 3 is 2.84 bits per heavy atom. The molecule has 7 nitrogen and oxygen atoms in total. The molecule has 2 aromatic heterocycles. The van der Waals surface area contributed by atoms with Crippen LogP contribution < -0.4 is 10.1 Å². The number of fused-ring (bicyclic) bond motifs is 1. The molecule has 2 aliphatic rings. The van der Waals surface area contributed by atoms with E-state index in [9.17, 15) is 0 Å². The molecular formula is C24H31ClN6O. The van der Waals surface area contributed by atoms with Crippen molar-refractivity contribution in [1.82, 2.24) is 24.8 Å². The molecule has 2 atom stereocenters. The van der Waals surface area contributed by atoms with E-state index in [1.54, 1.807) is 13.3 Å². The van der Waals surface area contributed by atoms with Crippen LogP contribution in [0.2, 0.25) is 5.02 Å². The van der Waals surface area contributed by atoms with Crippen molar-refractivity contribution in [2.75, 3.05) is 45.7 Å². The zero-order valence-corrected chi connectivity index (χ0v) is 19.5. The van der Waals surface area contributed by atoms with Crippen LogP contribution in [-0.2, 0) is 0 Å². The van der Waals surface area contributed by atoms with E-state index in [0.717, 1.165) is 53.8 Å². The Kier molecular flexibility index (Phi) is 6.22. The summed E-state index contributed by atoms with van der Waals surface area (Å²) in [5.74, 6) is 1.45. The Balaban J connectivity index is 1.34. The van der Waals surface area contributed by atoms with Gasteiger partial charge in [-0.25, -0.2) is 9.97 Å². The average molecular weight is 455 g/mol. The van der Waals surface area contributed by atoms with Crippen LogP contribution in [0, 0.1) is 0 Å². The van der Waals surface area contributed by atoms with Gasteiger partial charge in [0.15, 0.2) is 0 Å². The summed E-state index contributed by atoms with van der Waals surface area (Å²) < 4.78 is 5.40. The summed E-state index contributed by atoms with van der Waals surface area (Å²) in [4.78, 5) is 17.7. The standard InChI is InChI=1S/C24H31ClN6O/c1-30-8-10-31(11-9-30)17-5-3-4-16(12-17)28-24-27-15-21(25)23(29-24)20-14-26-22-7-6-18(32-2)13-19(20)22/h6-7,13-17,26H,3-5,8-12H2,1-2H3,(H,27,28,29)/t16-,17+/m1/s1. The molecule has 5 rings (SSSR count). The summed E-state index contributed by atoms with van der Waals surface area (Å²) in [6.45, 7) is 4.65. The lowest BCUT2D eigenvalue weighted by molar-refractivity contribution is 0.0885. The van der Waals surface area contributed by atoms with Crippen molar-refractivity contribution in [3.8, 4) is 17.0 Å². The smallest absolute Gasteiger partial charge is 0.223 e. The van der Waals surface area contributed by atoms with Gasteiger partial charge in [0.05, 0.1) is 24.0 Å². The second-order valence-corrected chi connectivity index (χ2v) is 9.41. The summed E-state index contributed by atoms with van der Waals surface area (Å²) in [5.41, 5.74) is 2.70. The maximum atomic E-state index is 6.53. The van der Waals surface area contributed by atoms with E-state index in [1.165, 1.54) is 25.9 Å².